The Morgan fingerprint density at radius 2 is 1.76 bits per heavy atom. The van der Waals surface area contributed by atoms with Crippen LogP contribution >= 0.6 is 11.6 Å². The van der Waals surface area contributed by atoms with Gasteiger partial charge in [-0.1, -0.05) is 81.6 Å². The van der Waals surface area contributed by atoms with Gasteiger partial charge in [0.15, 0.2) is 6.10 Å². The summed E-state index contributed by atoms with van der Waals surface area (Å²) < 4.78 is 17.9. The molecule has 34 heavy (non-hydrogen) atoms. The van der Waals surface area contributed by atoms with Crippen LogP contribution in [0, 0.1) is 5.92 Å². The number of ether oxygens (including phenoxy) is 3. The third kappa shape index (κ3) is 6.97. The van der Waals surface area contributed by atoms with E-state index in [9.17, 15) is 4.79 Å². The molecule has 3 rings (SSSR count). The van der Waals surface area contributed by atoms with Crippen LogP contribution in [0.5, 0.6) is 5.75 Å². The molecule has 0 bridgehead atoms. The van der Waals surface area contributed by atoms with Crippen LogP contribution in [0.4, 0.5) is 0 Å². The average molecular weight is 483 g/mol. The van der Waals surface area contributed by atoms with E-state index in [2.05, 4.69) is 32.6 Å². The van der Waals surface area contributed by atoms with Crippen LogP contribution in [0.1, 0.15) is 46.5 Å². The normalized spacial score (nSPS) is 13.1. The number of carbonyl (C=O) groups is 1. The molecule has 0 spiro atoms. The van der Waals surface area contributed by atoms with E-state index in [4.69, 9.17) is 25.8 Å². The molecule has 0 saturated heterocycles. The molecule has 0 N–H and O–H groups in total. The topological polar surface area (TPSA) is 44.8 Å². The molecule has 0 aliphatic carbocycles. The minimum Gasteiger partial charge on any atom is -0.488 e. The van der Waals surface area contributed by atoms with Crippen molar-refractivity contribution < 1.29 is 19.0 Å². The first-order valence-corrected chi connectivity index (χ1v) is 12.5. The highest BCUT2D eigenvalue weighted by molar-refractivity contribution is 6.31. The second kappa shape index (κ2) is 12.8. The Morgan fingerprint density at radius 3 is 2.50 bits per heavy atom. The van der Waals surface area contributed by atoms with Gasteiger partial charge in [-0.15, -0.1) is 0 Å². The fourth-order valence-corrected chi connectivity index (χ4v) is 4.29. The quantitative estimate of drug-likeness (QED) is 0.108. The number of rotatable bonds is 13. The van der Waals surface area contributed by atoms with Crippen molar-refractivity contribution in [1.29, 1.82) is 0 Å². The molecule has 0 saturated carbocycles. The molecule has 4 nitrogen and oxygen atoms in total. The van der Waals surface area contributed by atoms with Gasteiger partial charge in [0.2, 0.25) is 0 Å². The summed E-state index contributed by atoms with van der Waals surface area (Å²) in [4.78, 5) is 12.3. The molecule has 3 aromatic carbocycles. The number of hydrogen-bond donors (Lipinski definition) is 0. The second-order valence-corrected chi connectivity index (χ2v) is 9.27. The van der Waals surface area contributed by atoms with Crippen LogP contribution in [0.3, 0.4) is 0 Å². The Hall–Kier alpha value is -2.56. The Morgan fingerprint density at radius 1 is 1.00 bits per heavy atom. The van der Waals surface area contributed by atoms with Gasteiger partial charge in [-0.3, -0.25) is 0 Å². The summed E-state index contributed by atoms with van der Waals surface area (Å²) in [6.45, 7) is 10.8. The third-order valence-electron chi connectivity index (χ3n) is 6.06. The van der Waals surface area contributed by atoms with Crippen molar-refractivity contribution in [3.05, 3.63) is 65.7 Å². The monoisotopic (exact) mass is 482 g/mol. The summed E-state index contributed by atoms with van der Waals surface area (Å²) in [5, 5.41) is 4.64. The van der Waals surface area contributed by atoms with E-state index in [0.29, 0.717) is 23.1 Å². The number of halogens is 1. The van der Waals surface area contributed by atoms with E-state index < -0.39 is 12.1 Å². The molecule has 0 fully saturated rings. The van der Waals surface area contributed by atoms with E-state index in [1.54, 1.807) is 6.92 Å². The molecule has 0 amide bonds. The van der Waals surface area contributed by atoms with Gasteiger partial charge in [0.1, 0.15) is 12.4 Å². The lowest BCUT2D eigenvalue weighted by atomic mass is 9.98. The molecule has 0 heterocycles. The van der Waals surface area contributed by atoms with E-state index in [-0.39, 0.29) is 13.2 Å². The number of fused-ring (bicyclic) bond motifs is 2. The minimum absolute atomic E-state index is 0.167. The van der Waals surface area contributed by atoms with Crippen LogP contribution in [0.25, 0.3) is 21.5 Å². The summed E-state index contributed by atoms with van der Waals surface area (Å²) in [5.41, 5.74) is 0.349. The van der Waals surface area contributed by atoms with Crippen LogP contribution in [-0.2, 0) is 14.3 Å². The highest BCUT2D eigenvalue weighted by Crippen LogP contribution is 2.36. The van der Waals surface area contributed by atoms with Gasteiger partial charge < -0.3 is 14.2 Å². The first-order valence-electron chi connectivity index (χ1n) is 12.1. The molecule has 0 aliphatic heterocycles. The molecule has 3 aromatic rings. The number of hydrogen-bond acceptors (Lipinski definition) is 4. The van der Waals surface area contributed by atoms with E-state index in [1.807, 2.05) is 36.4 Å². The predicted molar refractivity (Wildman–Crippen MR) is 141 cm³/mol. The second-order valence-electron chi connectivity index (χ2n) is 8.84. The van der Waals surface area contributed by atoms with Crippen LogP contribution < -0.4 is 4.74 Å². The molecule has 5 heteroatoms. The Bertz CT molecular complexity index is 1120. The van der Waals surface area contributed by atoms with Crippen LogP contribution in [0.15, 0.2) is 60.7 Å². The van der Waals surface area contributed by atoms with E-state index in [1.165, 1.54) is 12.8 Å². The Balaban J connectivity index is 1.77. The minimum atomic E-state index is -0.552. The van der Waals surface area contributed by atoms with Gasteiger partial charge in [-0.2, -0.15) is 0 Å². The van der Waals surface area contributed by atoms with Crippen LogP contribution in [-0.4, -0.2) is 31.9 Å². The summed E-state index contributed by atoms with van der Waals surface area (Å²) in [7, 11) is 0. The van der Waals surface area contributed by atoms with Crippen molar-refractivity contribution in [2.24, 2.45) is 5.92 Å². The van der Waals surface area contributed by atoms with Crippen molar-refractivity contribution in [1.82, 2.24) is 0 Å². The molecule has 2 unspecified atom stereocenters. The smallest absolute Gasteiger partial charge is 0.333 e. The molecule has 2 atom stereocenters. The Labute approximate surface area is 207 Å². The van der Waals surface area contributed by atoms with E-state index >= 15 is 0 Å². The van der Waals surface area contributed by atoms with Gasteiger partial charge >= 0.3 is 5.97 Å². The first-order chi connectivity index (χ1) is 16.4. The average Bonchev–Trinajstić information content (AvgIpc) is 2.83. The molecular formula is C29H35ClO4. The lowest BCUT2D eigenvalue weighted by Crippen LogP contribution is -2.30. The molecule has 0 aliphatic rings. The highest BCUT2D eigenvalue weighted by atomic mass is 35.5. The lowest BCUT2D eigenvalue weighted by molar-refractivity contribution is -0.149. The fraction of sp³-hybridized carbons (Fsp3) is 0.414. The lowest BCUT2D eigenvalue weighted by Gasteiger charge is -2.21. The molecule has 182 valence electrons. The fourth-order valence-electron chi connectivity index (χ4n) is 4.12. The summed E-state index contributed by atoms with van der Waals surface area (Å²) >= 11 is 6.30. The highest BCUT2D eigenvalue weighted by Gasteiger charge is 2.19. The summed E-state index contributed by atoms with van der Waals surface area (Å²) in [6.07, 6.45) is 3.97. The maximum atomic E-state index is 12.3. The number of esters is 1. The van der Waals surface area contributed by atoms with Crippen molar-refractivity contribution in [3.63, 3.8) is 0 Å². The van der Waals surface area contributed by atoms with Gasteiger partial charge in [0.25, 0.3) is 0 Å². The predicted octanol–water partition coefficient (Wildman–Crippen LogP) is 7.75. The van der Waals surface area contributed by atoms with Crippen molar-refractivity contribution in [3.8, 4) is 5.75 Å². The van der Waals surface area contributed by atoms with Crippen molar-refractivity contribution in [2.45, 2.75) is 52.6 Å². The molecule has 0 aromatic heterocycles. The standard InChI is InChI=1S/C29H35ClO4/c1-5-9-21(6-2)14-15-32-18-25(34-29(31)20(3)4)19-33-28-26-11-8-7-10-22(26)16-23-12-13-24(30)17-27(23)28/h7-8,10-13,16-17,21,25H,3,5-6,9,14-15,18-19H2,1-2,4H3. The van der Waals surface area contributed by atoms with Crippen molar-refractivity contribution in [2.75, 3.05) is 19.8 Å². The zero-order valence-corrected chi connectivity index (χ0v) is 21.2. The maximum Gasteiger partial charge on any atom is 0.333 e. The van der Waals surface area contributed by atoms with Gasteiger partial charge in [0, 0.05) is 28.0 Å². The third-order valence-corrected chi connectivity index (χ3v) is 6.30. The molecule has 0 radical (unpaired) electrons. The zero-order chi connectivity index (χ0) is 24.5. The SMILES string of the molecule is C=C(C)C(=O)OC(COCCC(CC)CCC)COc1c2ccccc2cc2ccc(Cl)cc12. The van der Waals surface area contributed by atoms with Crippen LogP contribution in [0.2, 0.25) is 5.02 Å². The summed E-state index contributed by atoms with van der Waals surface area (Å²) in [5.74, 6) is 0.936. The summed E-state index contributed by atoms with van der Waals surface area (Å²) in [6, 6.07) is 15.9. The zero-order valence-electron chi connectivity index (χ0n) is 20.4. The van der Waals surface area contributed by atoms with Gasteiger partial charge in [-0.05, 0) is 48.2 Å². The first kappa shape index (κ1) is 26.1. The van der Waals surface area contributed by atoms with Gasteiger partial charge in [-0.25, -0.2) is 4.79 Å². The number of carbonyl (C=O) groups excluding carboxylic acids is 1. The van der Waals surface area contributed by atoms with Gasteiger partial charge in [0.05, 0.1) is 6.61 Å². The molecular weight excluding hydrogens is 448 g/mol. The number of benzene rings is 3. The maximum absolute atomic E-state index is 12.3. The van der Waals surface area contributed by atoms with E-state index in [0.717, 1.165) is 40.1 Å². The Kier molecular flexibility index (Phi) is 9.79. The van der Waals surface area contributed by atoms with Crippen molar-refractivity contribution >= 4 is 39.1 Å². The largest absolute Gasteiger partial charge is 0.488 e.